The van der Waals surface area contributed by atoms with Gasteiger partial charge in [-0.15, -0.1) is 0 Å². The van der Waals surface area contributed by atoms with Crippen LogP contribution in [0, 0.1) is 0 Å². The number of ether oxygens (including phenoxy) is 1. The van der Waals surface area contributed by atoms with Crippen molar-refractivity contribution in [2.45, 2.75) is 45.4 Å². The van der Waals surface area contributed by atoms with Gasteiger partial charge in [-0.05, 0) is 27.7 Å². The van der Waals surface area contributed by atoms with E-state index < -0.39 is 18.2 Å². The van der Waals surface area contributed by atoms with Gasteiger partial charge in [0.25, 0.3) is 0 Å². The van der Waals surface area contributed by atoms with E-state index >= 15 is 0 Å². The molecular weight excluding hydrogens is 236 g/mol. The van der Waals surface area contributed by atoms with E-state index in [1.54, 1.807) is 6.92 Å². The second-order valence-electron chi connectivity index (χ2n) is 5.04. The molecule has 0 aliphatic heterocycles. The molecule has 0 bridgehead atoms. The highest BCUT2D eigenvalue weighted by Crippen LogP contribution is 2.12. The maximum absolute atomic E-state index is 11.7. The van der Waals surface area contributed by atoms with E-state index in [4.69, 9.17) is 16.2 Å². The van der Waals surface area contributed by atoms with Crippen molar-refractivity contribution in [3.8, 4) is 0 Å². The zero-order valence-electron chi connectivity index (χ0n) is 11.4. The minimum Gasteiger partial charge on any atom is -0.371 e. The summed E-state index contributed by atoms with van der Waals surface area (Å²) < 4.78 is 5.59. The summed E-state index contributed by atoms with van der Waals surface area (Å²) in [6.07, 6.45) is -0.394. The molecule has 7 heteroatoms. The first kappa shape index (κ1) is 16.7. The third kappa shape index (κ3) is 7.86. The molecule has 7 nitrogen and oxygen atoms in total. The molecular formula is C11H24N4O3. The van der Waals surface area contributed by atoms with E-state index in [2.05, 4.69) is 10.6 Å². The predicted molar refractivity (Wildman–Crippen MR) is 68.9 cm³/mol. The number of hydrogen-bond donors (Lipinski definition) is 4. The average molecular weight is 260 g/mol. The van der Waals surface area contributed by atoms with Gasteiger partial charge in [0.05, 0.1) is 11.7 Å². The second-order valence-corrected chi connectivity index (χ2v) is 5.04. The third-order valence-electron chi connectivity index (χ3n) is 2.07. The predicted octanol–water partition coefficient (Wildman–Crippen LogP) is -0.698. The van der Waals surface area contributed by atoms with Gasteiger partial charge >= 0.3 is 6.03 Å². The summed E-state index contributed by atoms with van der Waals surface area (Å²) in [4.78, 5) is 22.1. The van der Waals surface area contributed by atoms with Crippen molar-refractivity contribution in [2.24, 2.45) is 11.5 Å². The molecule has 2 atom stereocenters. The molecule has 3 amide bonds. The lowest BCUT2D eigenvalue weighted by Gasteiger charge is -2.28. The van der Waals surface area contributed by atoms with Crippen molar-refractivity contribution in [3.63, 3.8) is 0 Å². The molecule has 0 saturated carbocycles. The lowest BCUT2D eigenvalue weighted by atomic mass is 10.1. The number of nitrogens with one attached hydrogen (secondary N) is 2. The van der Waals surface area contributed by atoms with Crippen molar-refractivity contribution in [1.29, 1.82) is 0 Å². The number of urea groups is 1. The molecule has 6 N–H and O–H groups in total. The lowest BCUT2D eigenvalue weighted by molar-refractivity contribution is -0.129. The SMILES string of the molecule is C[C@@H](OC(C)(C)C)[C@H](N)C(=O)NCCNC(N)=O. The molecule has 0 radical (unpaired) electrons. The van der Waals surface area contributed by atoms with E-state index in [0.717, 1.165) is 0 Å². The van der Waals surface area contributed by atoms with E-state index in [1.807, 2.05) is 20.8 Å². The minimum atomic E-state index is -0.752. The Labute approximate surface area is 108 Å². The van der Waals surface area contributed by atoms with Gasteiger partial charge in [-0.3, -0.25) is 4.79 Å². The number of amides is 3. The Bertz CT molecular complexity index is 289. The van der Waals surface area contributed by atoms with Crippen LogP contribution in [0.25, 0.3) is 0 Å². The van der Waals surface area contributed by atoms with Crippen molar-refractivity contribution in [1.82, 2.24) is 10.6 Å². The van der Waals surface area contributed by atoms with E-state index in [1.165, 1.54) is 0 Å². The van der Waals surface area contributed by atoms with Crippen LogP contribution < -0.4 is 22.1 Å². The van der Waals surface area contributed by atoms with Gasteiger partial charge in [-0.25, -0.2) is 4.79 Å². The molecule has 0 fully saturated rings. The average Bonchev–Trinajstić information content (AvgIpc) is 2.20. The van der Waals surface area contributed by atoms with Gasteiger partial charge in [0.1, 0.15) is 6.04 Å². The third-order valence-corrected chi connectivity index (χ3v) is 2.07. The van der Waals surface area contributed by atoms with Crippen LogP contribution in [-0.4, -0.2) is 42.8 Å². The first-order valence-electron chi connectivity index (χ1n) is 5.88. The zero-order chi connectivity index (χ0) is 14.3. The number of hydrogen-bond acceptors (Lipinski definition) is 4. The maximum atomic E-state index is 11.7. The van der Waals surface area contributed by atoms with Crippen LogP contribution in [0.15, 0.2) is 0 Å². The molecule has 0 aromatic carbocycles. The first-order valence-corrected chi connectivity index (χ1v) is 5.88. The number of primary amides is 1. The monoisotopic (exact) mass is 260 g/mol. The fourth-order valence-corrected chi connectivity index (χ4v) is 1.33. The van der Waals surface area contributed by atoms with Crippen LogP contribution in [0.2, 0.25) is 0 Å². The molecule has 0 aromatic rings. The van der Waals surface area contributed by atoms with Gasteiger partial charge in [0, 0.05) is 13.1 Å². The Morgan fingerprint density at radius 3 is 2.17 bits per heavy atom. The van der Waals surface area contributed by atoms with Crippen LogP contribution in [0.5, 0.6) is 0 Å². The van der Waals surface area contributed by atoms with Gasteiger partial charge in [-0.2, -0.15) is 0 Å². The Kier molecular flexibility index (Phi) is 6.64. The van der Waals surface area contributed by atoms with Gasteiger partial charge < -0.3 is 26.8 Å². The second kappa shape index (κ2) is 7.17. The van der Waals surface area contributed by atoms with Crippen molar-refractivity contribution >= 4 is 11.9 Å². The highest BCUT2D eigenvalue weighted by Gasteiger charge is 2.25. The number of carbonyl (C=O) groups is 2. The maximum Gasteiger partial charge on any atom is 0.312 e. The quantitative estimate of drug-likeness (QED) is 0.472. The normalized spacial score (nSPS) is 14.7. The molecule has 0 saturated heterocycles. The Hall–Kier alpha value is -1.34. The van der Waals surface area contributed by atoms with Crippen LogP contribution in [0.3, 0.4) is 0 Å². The molecule has 0 aliphatic carbocycles. The smallest absolute Gasteiger partial charge is 0.312 e. The Morgan fingerprint density at radius 1 is 1.22 bits per heavy atom. The van der Waals surface area contributed by atoms with E-state index in [9.17, 15) is 9.59 Å². The molecule has 0 aromatic heterocycles. The molecule has 0 unspecified atom stereocenters. The van der Waals surface area contributed by atoms with Crippen molar-refractivity contribution in [2.75, 3.05) is 13.1 Å². The van der Waals surface area contributed by atoms with Gasteiger partial charge in [0.15, 0.2) is 0 Å². The summed E-state index contributed by atoms with van der Waals surface area (Å²) in [7, 11) is 0. The number of carbonyl (C=O) groups excluding carboxylic acids is 2. The molecule has 106 valence electrons. The minimum absolute atomic E-state index is 0.266. The summed E-state index contributed by atoms with van der Waals surface area (Å²) in [5.41, 5.74) is 10.3. The number of nitrogens with two attached hydrogens (primary N) is 2. The van der Waals surface area contributed by atoms with E-state index in [0.29, 0.717) is 0 Å². The summed E-state index contributed by atoms with van der Waals surface area (Å²) >= 11 is 0. The molecule has 0 aliphatic rings. The number of rotatable bonds is 6. The van der Waals surface area contributed by atoms with E-state index in [-0.39, 0.29) is 24.6 Å². The Balaban J connectivity index is 3.98. The van der Waals surface area contributed by atoms with Crippen molar-refractivity contribution < 1.29 is 14.3 Å². The Morgan fingerprint density at radius 2 is 1.72 bits per heavy atom. The first-order chi connectivity index (χ1) is 8.13. The fourth-order valence-electron chi connectivity index (χ4n) is 1.33. The lowest BCUT2D eigenvalue weighted by Crippen LogP contribution is -2.51. The molecule has 0 heterocycles. The van der Waals surface area contributed by atoms with Gasteiger partial charge in [-0.1, -0.05) is 0 Å². The molecule has 0 rings (SSSR count). The van der Waals surface area contributed by atoms with Crippen LogP contribution in [0.4, 0.5) is 4.79 Å². The molecule has 0 spiro atoms. The van der Waals surface area contributed by atoms with Gasteiger partial charge in [0.2, 0.25) is 5.91 Å². The summed E-state index contributed by atoms with van der Waals surface area (Å²) in [6.45, 7) is 7.97. The van der Waals surface area contributed by atoms with Crippen LogP contribution in [0.1, 0.15) is 27.7 Å². The zero-order valence-corrected chi connectivity index (χ0v) is 11.4. The highest BCUT2D eigenvalue weighted by molar-refractivity contribution is 5.82. The van der Waals surface area contributed by atoms with Crippen molar-refractivity contribution in [3.05, 3.63) is 0 Å². The standard InChI is InChI=1S/C11H24N4O3/c1-7(18-11(2,3)4)8(12)9(16)14-5-6-15-10(13)17/h7-8H,5-6,12H2,1-4H3,(H,14,16)(H3,13,15,17)/t7-,8+/m1/s1. The van der Waals surface area contributed by atoms with Crippen LogP contribution >= 0.6 is 0 Å². The largest absolute Gasteiger partial charge is 0.371 e. The summed E-state index contributed by atoms with van der Waals surface area (Å²) in [5.74, 6) is -0.321. The fraction of sp³-hybridized carbons (Fsp3) is 0.818. The summed E-state index contributed by atoms with van der Waals surface area (Å²) in [5, 5.41) is 4.95. The summed E-state index contributed by atoms with van der Waals surface area (Å²) in [6, 6.07) is -1.38. The molecule has 18 heavy (non-hydrogen) atoms. The highest BCUT2D eigenvalue weighted by atomic mass is 16.5. The van der Waals surface area contributed by atoms with Crippen LogP contribution in [-0.2, 0) is 9.53 Å². The topological polar surface area (TPSA) is 119 Å².